The molecule has 3 heteroatoms. The third-order valence-corrected chi connectivity index (χ3v) is 2.21. The van der Waals surface area contributed by atoms with Crippen molar-refractivity contribution in [2.75, 3.05) is 6.61 Å². The Kier molecular flexibility index (Phi) is 1.72. The second-order valence-electron chi connectivity index (χ2n) is 2.98. The molecule has 0 aromatic carbocycles. The van der Waals surface area contributed by atoms with E-state index in [2.05, 4.69) is 4.99 Å². The molecule has 1 heterocycles. The zero-order chi connectivity index (χ0) is 7.68. The zero-order valence-corrected chi connectivity index (χ0v) is 6.75. The highest BCUT2D eigenvalue weighted by molar-refractivity contribution is 5.69. The Balaban J connectivity index is 1.96. The van der Waals surface area contributed by atoms with Gasteiger partial charge in [0.2, 0.25) is 0 Å². The number of hydrogen-bond acceptors (Lipinski definition) is 3. The molecule has 1 saturated carbocycles. The lowest BCUT2D eigenvalue weighted by atomic mass is 10.2. The average molecular weight is 155 g/mol. The normalized spacial score (nSPS) is 34.5. The predicted octanol–water partition coefficient (Wildman–Crippen LogP) is 1.33. The summed E-state index contributed by atoms with van der Waals surface area (Å²) in [6.07, 6.45) is 4.41. The Labute approximate surface area is 66.4 Å². The number of rotatable bonds is 1. The van der Waals surface area contributed by atoms with Crippen LogP contribution in [0, 0.1) is 0 Å². The van der Waals surface area contributed by atoms with Crippen molar-refractivity contribution < 1.29 is 9.47 Å². The fourth-order valence-electron chi connectivity index (χ4n) is 1.68. The first-order valence-electron chi connectivity index (χ1n) is 4.27. The Morgan fingerprint density at radius 3 is 3.27 bits per heavy atom. The van der Waals surface area contributed by atoms with E-state index in [0.717, 1.165) is 6.42 Å². The van der Waals surface area contributed by atoms with Gasteiger partial charge in [0.25, 0.3) is 0 Å². The van der Waals surface area contributed by atoms with Gasteiger partial charge < -0.3 is 9.47 Å². The zero-order valence-electron chi connectivity index (χ0n) is 6.75. The van der Waals surface area contributed by atoms with Crippen LogP contribution in [0.5, 0.6) is 0 Å². The minimum Gasteiger partial charge on any atom is -0.451 e. The summed E-state index contributed by atoms with van der Waals surface area (Å²) < 4.78 is 10.6. The van der Waals surface area contributed by atoms with Crippen molar-refractivity contribution in [2.45, 2.75) is 38.3 Å². The van der Waals surface area contributed by atoms with Crippen molar-refractivity contribution in [2.24, 2.45) is 4.99 Å². The van der Waals surface area contributed by atoms with Crippen LogP contribution in [0.1, 0.15) is 26.2 Å². The lowest BCUT2D eigenvalue weighted by Crippen LogP contribution is -2.15. The molecular weight excluding hydrogens is 142 g/mol. The van der Waals surface area contributed by atoms with Crippen molar-refractivity contribution >= 4 is 6.08 Å². The number of fused-ring (bicyclic) bond motifs is 1. The minimum absolute atomic E-state index is 0.330. The third kappa shape index (κ3) is 1.19. The molecule has 62 valence electrons. The van der Waals surface area contributed by atoms with Crippen molar-refractivity contribution in [1.82, 2.24) is 0 Å². The second-order valence-corrected chi connectivity index (χ2v) is 2.98. The van der Waals surface area contributed by atoms with Gasteiger partial charge in [-0.05, 0) is 26.2 Å². The third-order valence-electron chi connectivity index (χ3n) is 2.21. The summed E-state index contributed by atoms with van der Waals surface area (Å²) in [5.74, 6) is 0. The SMILES string of the molecule is CCOC1=N[C@@H]2CCC[C@@H]2O1. The van der Waals surface area contributed by atoms with E-state index in [-0.39, 0.29) is 0 Å². The highest BCUT2D eigenvalue weighted by Gasteiger charge is 2.35. The van der Waals surface area contributed by atoms with Crippen molar-refractivity contribution in [1.29, 1.82) is 0 Å². The van der Waals surface area contributed by atoms with Gasteiger partial charge in [-0.15, -0.1) is 0 Å². The smallest absolute Gasteiger partial charge is 0.384 e. The van der Waals surface area contributed by atoms with Gasteiger partial charge in [-0.3, -0.25) is 0 Å². The summed E-state index contributed by atoms with van der Waals surface area (Å²) in [6.45, 7) is 2.60. The van der Waals surface area contributed by atoms with Crippen LogP contribution < -0.4 is 0 Å². The van der Waals surface area contributed by atoms with E-state index in [1.54, 1.807) is 0 Å². The molecule has 1 fully saturated rings. The van der Waals surface area contributed by atoms with Gasteiger partial charge in [0.15, 0.2) is 0 Å². The average Bonchev–Trinajstić information content (AvgIpc) is 2.46. The predicted molar refractivity (Wildman–Crippen MR) is 41.6 cm³/mol. The van der Waals surface area contributed by atoms with Gasteiger partial charge in [-0.1, -0.05) is 0 Å². The number of aliphatic imine (C=N–C) groups is 1. The Hall–Kier alpha value is -0.730. The maximum absolute atomic E-state index is 5.45. The molecule has 0 spiro atoms. The van der Waals surface area contributed by atoms with Crippen LogP contribution in [0.4, 0.5) is 0 Å². The monoisotopic (exact) mass is 155 g/mol. The molecule has 2 atom stereocenters. The van der Waals surface area contributed by atoms with E-state index in [0.29, 0.717) is 24.8 Å². The molecule has 0 aromatic heterocycles. The Morgan fingerprint density at radius 2 is 2.55 bits per heavy atom. The van der Waals surface area contributed by atoms with Crippen LogP contribution >= 0.6 is 0 Å². The molecule has 0 saturated heterocycles. The van der Waals surface area contributed by atoms with Gasteiger partial charge in [0.05, 0.1) is 12.6 Å². The molecule has 0 N–H and O–H groups in total. The second kappa shape index (κ2) is 2.72. The van der Waals surface area contributed by atoms with Crippen LogP contribution in [0.25, 0.3) is 0 Å². The first kappa shape index (κ1) is 6.95. The number of ether oxygens (including phenoxy) is 2. The quantitative estimate of drug-likeness (QED) is 0.572. The van der Waals surface area contributed by atoms with Gasteiger partial charge in [-0.25, -0.2) is 4.99 Å². The molecule has 0 amide bonds. The summed E-state index contributed by atoms with van der Waals surface area (Å²) >= 11 is 0. The van der Waals surface area contributed by atoms with E-state index in [9.17, 15) is 0 Å². The Morgan fingerprint density at radius 1 is 1.64 bits per heavy atom. The van der Waals surface area contributed by atoms with Gasteiger partial charge >= 0.3 is 6.08 Å². The van der Waals surface area contributed by atoms with Crippen molar-refractivity contribution in [3.8, 4) is 0 Å². The van der Waals surface area contributed by atoms with Crippen LogP contribution in [0.3, 0.4) is 0 Å². The fourth-order valence-corrected chi connectivity index (χ4v) is 1.68. The lowest BCUT2D eigenvalue weighted by Gasteiger charge is -2.07. The summed E-state index contributed by atoms with van der Waals surface area (Å²) in [5.41, 5.74) is 0. The molecule has 1 aliphatic carbocycles. The molecule has 1 aliphatic heterocycles. The molecule has 0 unspecified atom stereocenters. The summed E-state index contributed by atoms with van der Waals surface area (Å²) in [6, 6.07) is 0.400. The van der Waals surface area contributed by atoms with E-state index in [4.69, 9.17) is 9.47 Å². The Bertz CT molecular complexity index is 179. The summed E-state index contributed by atoms with van der Waals surface area (Å²) in [5, 5.41) is 0. The van der Waals surface area contributed by atoms with Crippen LogP contribution in [-0.2, 0) is 9.47 Å². The molecule has 0 radical (unpaired) electrons. The molecule has 2 rings (SSSR count). The van der Waals surface area contributed by atoms with E-state index in [1.807, 2.05) is 6.92 Å². The van der Waals surface area contributed by atoms with Gasteiger partial charge in [0.1, 0.15) is 6.10 Å². The molecule has 0 aromatic rings. The van der Waals surface area contributed by atoms with Crippen molar-refractivity contribution in [3.63, 3.8) is 0 Å². The number of hydrogen-bond donors (Lipinski definition) is 0. The summed E-state index contributed by atoms with van der Waals surface area (Å²) in [7, 11) is 0. The van der Waals surface area contributed by atoms with Crippen LogP contribution in [0.2, 0.25) is 0 Å². The van der Waals surface area contributed by atoms with Gasteiger partial charge in [0, 0.05) is 0 Å². The van der Waals surface area contributed by atoms with E-state index in [1.165, 1.54) is 12.8 Å². The van der Waals surface area contributed by atoms with E-state index >= 15 is 0 Å². The van der Waals surface area contributed by atoms with Crippen LogP contribution in [0.15, 0.2) is 4.99 Å². The first-order valence-corrected chi connectivity index (χ1v) is 4.27. The highest BCUT2D eigenvalue weighted by Crippen LogP contribution is 2.29. The molecule has 0 bridgehead atoms. The lowest BCUT2D eigenvalue weighted by molar-refractivity contribution is 0.137. The number of nitrogens with zero attached hydrogens (tertiary/aromatic N) is 1. The van der Waals surface area contributed by atoms with Crippen LogP contribution in [-0.4, -0.2) is 24.8 Å². The standard InChI is InChI=1S/C8H13NO2/c1-2-10-8-9-6-4-3-5-7(6)11-8/h6-7H,2-5H2,1H3/t6-,7+/m1/s1. The molecule has 3 nitrogen and oxygen atoms in total. The highest BCUT2D eigenvalue weighted by atomic mass is 16.7. The van der Waals surface area contributed by atoms with Gasteiger partial charge in [-0.2, -0.15) is 0 Å². The maximum atomic E-state index is 5.45. The van der Waals surface area contributed by atoms with Crippen molar-refractivity contribution in [3.05, 3.63) is 0 Å². The molecule has 2 aliphatic rings. The van der Waals surface area contributed by atoms with E-state index < -0.39 is 0 Å². The minimum atomic E-state index is 0.330. The maximum Gasteiger partial charge on any atom is 0.384 e. The topological polar surface area (TPSA) is 30.8 Å². The largest absolute Gasteiger partial charge is 0.451 e. The summed E-state index contributed by atoms with van der Waals surface area (Å²) in [4.78, 5) is 4.31. The first-order chi connectivity index (χ1) is 5.40. The molecular formula is C8H13NO2. The fraction of sp³-hybridized carbons (Fsp3) is 0.875. The molecule has 11 heavy (non-hydrogen) atoms.